The fraction of sp³-hybridized carbons (Fsp3) is 0. The molecule has 0 aliphatic rings. The van der Waals surface area contributed by atoms with Crippen molar-refractivity contribution in [3.63, 3.8) is 0 Å². The zero-order valence-electron chi connectivity index (χ0n) is 8.11. The molecule has 2 rings (SSSR count). The SMILES string of the molecule is [CH2]c1cccc(Oc2ccc(Br)cc2)c1. The summed E-state index contributed by atoms with van der Waals surface area (Å²) in [6.07, 6.45) is 0. The van der Waals surface area contributed by atoms with E-state index in [1.54, 1.807) is 0 Å². The monoisotopic (exact) mass is 261 g/mol. The molecular weight excluding hydrogens is 252 g/mol. The summed E-state index contributed by atoms with van der Waals surface area (Å²) in [5, 5.41) is 0. The third-order valence-electron chi connectivity index (χ3n) is 1.95. The molecule has 0 bridgehead atoms. The first kappa shape index (κ1) is 10.2. The van der Waals surface area contributed by atoms with E-state index < -0.39 is 0 Å². The first-order valence-electron chi connectivity index (χ1n) is 4.59. The summed E-state index contributed by atoms with van der Waals surface area (Å²) in [5.74, 6) is 1.63. The fourth-order valence-corrected chi connectivity index (χ4v) is 1.51. The molecule has 0 N–H and O–H groups in total. The highest BCUT2D eigenvalue weighted by atomic mass is 79.9. The van der Waals surface area contributed by atoms with Crippen LogP contribution in [0.25, 0.3) is 0 Å². The van der Waals surface area contributed by atoms with Crippen LogP contribution in [0.15, 0.2) is 53.0 Å². The molecule has 0 spiro atoms. The second-order valence-electron chi connectivity index (χ2n) is 3.20. The maximum absolute atomic E-state index is 5.65. The minimum absolute atomic E-state index is 0.810. The van der Waals surface area contributed by atoms with Gasteiger partial charge in [-0.15, -0.1) is 0 Å². The quantitative estimate of drug-likeness (QED) is 0.778. The van der Waals surface area contributed by atoms with Gasteiger partial charge < -0.3 is 4.74 Å². The van der Waals surface area contributed by atoms with Crippen molar-refractivity contribution >= 4 is 15.9 Å². The van der Waals surface area contributed by atoms with Gasteiger partial charge in [0.05, 0.1) is 0 Å². The summed E-state index contributed by atoms with van der Waals surface area (Å²) in [7, 11) is 0. The van der Waals surface area contributed by atoms with E-state index in [1.165, 1.54) is 0 Å². The van der Waals surface area contributed by atoms with Crippen LogP contribution < -0.4 is 4.74 Å². The normalized spacial score (nSPS) is 10.0. The first-order chi connectivity index (χ1) is 7.24. The van der Waals surface area contributed by atoms with Crippen molar-refractivity contribution in [2.75, 3.05) is 0 Å². The Hall–Kier alpha value is -1.28. The van der Waals surface area contributed by atoms with E-state index in [1.807, 2.05) is 48.5 Å². The van der Waals surface area contributed by atoms with Crippen LogP contribution in [0.4, 0.5) is 0 Å². The van der Waals surface area contributed by atoms with Gasteiger partial charge in [-0.1, -0.05) is 28.1 Å². The molecule has 0 amide bonds. The van der Waals surface area contributed by atoms with E-state index in [0.717, 1.165) is 21.5 Å². The van der Waals surface area contributed by atoms with Crippen molar-refractivity contribution < 1.29 is 4.74 Å². The van der Waals surface area contributed by atoms with E-state index >= 15 is 0 Å². The summed E-state index contributed by atoms with van der Waals surface area (Å²) in [4.78, 5) is 0. The molecule has 0 unspecified atom stereocenters. The number of ether oxygens (including phenoxy) is 1. The average Bonchev–Trinajstić information content (AvgIpc) is 2.22. The maximum atomic E-state index is 5.65. The van der Waals surface area contributed by atoms with Crippen LogP contribution in [-0.4, -0.2) is 0 Å². The molecule has 1 radical (unpaired) electrons. The van der Waals surface area contributed by atoms with Gasteiger partial charge in [-0.05, 0) is 48.9 Å². The fourth-order valence-electron chi connectivity index (χ4n) is 1.25. The second kappa shape index (κ2) is 4.49. The standard InChI is InChI=1S/C13H10BrO/c1-10-3-2-4-13(9-10)15-12-7-5-11(14)6-8-12/h2-9H,1H2. The predicted octanol–water partition coefficient (Wildman–Crippen LogP) is 4.42. The lowest BCUT2D eigenvalue weighted by Crippen LogP contribution is -1.83. The summed E-state index contributed by atoms with van der Waals surface area (Å²) in [5.41, 5.74) is 0.949. The molecule has 0 aliphatic carbocycles. The van der Waals surface area contributed by atoms with Crippen LogP contribution in [-0.2, 0) is 0 Å². The van der Waals surface area contributed by atoms with Crippen LogP contribution in [0.3, 0.4) is 0 Å². The molecule has 2 heteroatoms. The number of rotatable bonds is 2. The van der Waals surface area contributed by atoms with E-state index in [9.17, 15) is 0 Å². The molecule has 1 nitrogen and oxygen atoms in total. The minimum atomic E-state index is 0.810. The number of hydrogen-bond donors (Lipinski definition) is 0. The van der Waals surface area contributed by atoms with Crippen molar-refractivity contribution in [2.24, 2.45) is 0 Å². The lowest BCUT2D eigenvalue weighted by molar-refractivity contribution is 0.482. The average molecular weight is 262 g/mol. The molecule has 2 aromatic carbocycles. The predicted molar refractivity (Wildman–Crippen MR) is 65.1 cm³/mol. The Morgan fingerprint density at radius 2 is 1.67 bits per heavy atom. The smallest absolute Gasteiger partial charge is 0.127 e. The zero-order chi connectivity index (χ0) is 10.7. The highest BCUT2D eigenvalue weighted by Gasteiger charge is 1.96. The first-order valence-corrected chi connectivity index (χ1v) is 5.39. The van der Waals surface area contributed by atoms with Gasteiger partial charge in [-0.3, -0.25) is 0 Å². The Morgan fingerprint density at radius 1 is 0.933 bits per heavy atom. The largest absolute Gasteiger partial charge is 0.457 e. The molecule has 0 saturated carbocycles. The summed E-state index contributed by atoms with van der Waals surface area (Å²) in [6, 6.07) is 15.4. The van der Waals surface area contributed by atoms with Crippen molar-refractivity contribution in [2.45, 2.75) is 0 Å². The highest BCUT2D eigenvalue weighted by Crippen LogP contribution is 2.23. The van der Waals surface area contributed by atoms with E-state index in [-0.39, 0.29) is 0 Å². The van der Waals surface area contributed by atoms with Crippen molar-refractivity contribution in [1.29, 1.82) is 0 Å². The van der Waals surface area contributed by atoms with Crippen molar-refractivity contribution in [3.05, 3.63) is 65.5 Å². The van der Waals surface area contributed by atoms with Crippen LogP contribution in [0, 0.1) is 6.92 Å². The molecule has 0 saturated heterocycles. The third kappa shape index (κ3) is 2.83. The molecule has 0 fully saturated rings. The second-order valence-corrected chi connectivity index (χ2v) is 4.12. The van der Waals surface area contributed by atoms with Crippen LogP contribution in [0.1, 0.15) is 5.56 Å². The Labute approximate surface area is 97.8 Å². The van der Waals surface area contributed by atoms with Crippen LogP contribution >= 0.6 is 15.9 Å². The van der Waals surface area contributed by atoms with Crippen LogP contribution in [0.5, 0.6) is 11.5 Å². The molecule has 0 heterocycles. The number of halogens is 1. The molecule has 0 aliphatic heterocycles. The van der Waals surface area contributed by atoms with E-state index in [2.05, 4.69) is 22.9 Å². The van der Waals surface area contributed by atoms with Gasteiger partial charge in [-0.25, -0.2) is 0 Å². The molecule has 0 atom stereocenters. The third-order valence-corrected chi connectivity index (χ3v) is 2.48. The lowest BCUT2D eigenvalue weighted by Gasteiger charge is -2.05. The molecule has 75 valence electrons. The summed E-state index contributed by atoms with van der Waals surface area (Å²) in [6.45, 7) is 3.85. The van der Waals surface area contributed by atoms with E-state index in [4.69, 9.17) is 4.74 Å². The zero-order valence-corrected chi connectivity index (χ0v) is 9.70. The topological polar surface area (TPSA) is 9.23 Å². The van der Waals surface area contributed by atoms with Gasteiger partial charge in [0, 0.05) is 4.47 Å². The summed E-state index contributed by atoms with van der Waals surface area (Å²) >= 11 is 3.38. The van der Waals surface area contributed by atoms with Gasteiger partial charge >= 0.3 is 0 Å². The maximum Gasteiger partial charge on any atom is 0.127 e. The highest BCUT2D eigenvalue weighted by molar-refractivity contribution is 9.10. The Morgan fingerprint density at radius 3 is 2.33 bits per heavy atom. The summed E-state index contributed by atoms with van der Waals surface area (Å²) < 4.78 is 6.70. The molecular formula is C13H10BrO. The van der Waals surface area contributed by atoms with E-state index in [0.29, 0.717) is 0 Å². The van der Waals surface area contributed by atoms with Crippen LogP contribution in [0.2, 0.25) is 0 Å². The van der Waals surface area contributed by atoms with Gasteiger partial charge in [0.25, 0.3) is 0 Å². The van der Waals surface area contributed by atoms with Crippen molar-refractivity contribution in [1.82, 2.24) is 0 Å². The Balaban J connectivity index is 2.18. The van der Waals surface area contributed by atoms with Gasteiger partial charge in [0.15, 0.2) is 0 Å². The molecule has 2 aromatic rings. The molecule has 15 heavy (non-hydrogen) atoms. The van der Waals surface area contributed by atoms with Gasteiger partial charge in [0.1, 0.15) is 11.5 Å². The Kier molecular flexibility index (Phi) is 3.07. The van der Waals surface area contributed by atoms with Gasteiger partial charge in [0.2, 0.25) is 0 Å². The number of hydrogen-bond acceptors (Lipinski definition) is 1. The van der Waals surface area contributed by atoms with Crippen molar-refractivity contribution in [3.8, 4) is 11.5 Å². The Bertz CT molecular complexity index is 448. The lowest BCUT2D eigenvalue weighted by atomic mass is 10.2. The molecule has 0 aromatic heterocycles. The van der Waals surface area contributed by atoms with Gasteiger partial charge in [-0.2, -0.15) is 0 Å². The number of benzene rings is 2. The minimum Gasteiger partial charge on any atom is -0.457 e.